The van der Waals surface area contributed by atoms with Crippen LogP contribution in [0.25, 0.3) is 0 Å². The molecule has 2 heterocycles. The monoisotopic (exact) mass is 450 g/mol. The molecule has 174 valence electrons. The number of nitro groups is 1. The Morgan fingerprint density at radius 1 is 0.909 bits per heavy atom. The number of amides is 2. The van der Waals surface area contributed by atoms with Crippen LogP contribution in [0.4, 0.5) is 5.69 Å². The fourth-order valence-electron chi connectivity index (χ4n) is 5.02. The van der Waals surface area contributed by atoms with E-state index in [-0.39, 0.29) is 22.4 Å². The van der Waals surface area contributed by atoms with Gasteiger partial charge in [0.15, 0.2) is 0 Å². The fraction of sp³-hybridized carbons (Fsp3) is 0.440. The van der Waals surface area contributed by atoms with Crippen LogP contribution in [0, 0.1) is 10.1 Å². The summed E-state index contributed by atoms with van der Waals surface area (Å²) in [6.07, 6.45) is 1.26. The van der Waals surface area contributed by atoms with Crippen LogP contribution < -0.4 is 0 Å². The maximum Gasteiger partial charge on any atom is 0.269 e. The zero-order valence-corrected chi connectivity index (χ0v) is 19.0. The van der Waals surface area contributed by atoms with E-state index in [1.807, 2.05) is 46.2 Å². The minimum atomic E-state index is -0.602. The number of carbonyl (C=O) groups is 2. The SMILES string of the molecule is CC(=O)N1CCC(C(=O)N2CCN(Cc3cccc([N+](=O)[O-])c3)CC2)(c2ccccc2)CC1. The second-order valence-electron chi connectivity index (χ2n) is 8.95. The Hall–Kier alpha value is -3.26. The lowest BCUT2D eigenvalue weighted by atomic mass is 9.71. The summed E-state index contributed by atoms with van der Waals surface area (Å²) in [5.41, 5.74) is 1.43. The molecule has 0 unspecified atom stereocenters. The van der Waals surface area contributed by atoms with Crippen molar-refractivity contribution in [2.75, 3.05) is 39.3 Å². The third-order valence-electron chi connectivity index (χ3n) is 6.99. The summed E-state index contributed by atoms with van der Waals surface area (Å²) < 4.78 is 0. The molecule has 0 spiro atoms. The second kappa shape index (κ2) is 9.70. The van der Waals surface area contributed by atoms with Crippen molar-refractivity contribution in [3.8, 4) is 0 Å². The Morgan fingerprint density at radius 2 is 1.58 bits per heavy atom. The molecule has 0 saturated carbocycles. The Kier molecular flexibility index (Phi) is 6.74. The number of nitrogens with zero attached hydrogens (tertiary/aromatic N) is 4. The van der Waals surface area contributed by atoms with Gasteiger partial charge >= 0.3 is 0 Å². The topological polar surface area (TPSA) is 87.0 Å². The van der Waals surface area contributed by atoms with Crippen LogP contribution in [0.5, 0.6) is 0 Å². The van der Waals surface area contributed by atoms with E-state index in [4.69, 9.17) is 0 Å². The van der Waals surface area contributed by atoms with Crippen LogP contribution in [-0.2, 0) is 21.5 Å². The van der Waals surface area contributed by atoms with Crippen molar-refractivity contribution in [2.24, 2.45) is 0 Å². The average Bonchev–Trinajstić information content (AvgIpc) is 2.85. The normalized spacial score (nSPS) is 18.7. The first kappa shape index (κ1) is 22.9. The quantitative estimate of drug-likeness (QED) is 0.516. The Labute approximate surface area is 193 Å². The van der Waals surface area contributed by atoms with Gasteiger partial charge in [0.1, 0.15) is 0 Å². The molecule has 0 radical (unpaired) electrons. The summed E-state index contributed by atoms with van der Waals surface area (Å²) in [5, 5.41) is 11.0. The highest BCUT2D eigenvalue weighted by atomic mass is 16.6. The highest BCUT2D eigenvalue weighted by molar-refractivity contribution is 5.89. The maximum absolute atomic E-state index is 13.9. The van der Waals surface area contributed by atoms with E-state index in [9.17, 15) is 19.7 Å². The molecule has 8 nitrogen and oxygen atoms in total. The van der Waals surface area contributed by atoms with Gasteiger partial charge in [0, 0.05) is 64.9 Å². The summed E-state index contributed by atoms with van der Waals surface area (Å²) in [6, 6.07) is 16.7. The number of non-ortho nitro benzene ring substituents is 1. The Morgan fingerprint density at radius 3 is 2.18 bits per heavy atom. The number of carbonyl (C=O) groups excluding carboxylic acids is 2. The number of piperidine rings is 1. The molecule has 2 saturated heterocycles. The molecule has 2 fully saturated rings. The highest BCUT2D eigenvalue weighted by Crippen LogP contribution is 2.38. The van der Waals surface area contributed by atoms with Gasteiger partial charge in [-0.15, -0.1) is 0 Å². The van der Waals surface area contributed by atoms with Crippen LogP contribution in [0.1, 0.15) is 30.9 Å². The van der Waals surface area contributed by atoms with Gasteiger partial charge in [-0.25, -0.2) is 0 Å². The smallest absolute Gasteiger partial charge is 0.269 e. The molecule has 0 aromatic heterocycles. The van der Waals surface area contributed by atoms with Crippen LogP contribution >= 0.6 is 0 Å². The molecular weight excluding hydrogens is 420 g/mol. The fourth-order valence-corrected chi connectivity index (χ4v) is 5.02. The van der Waals surface area contributed by atoms with Crippen LogP contribution in [-0.4, -0.2) is 70.7 Å². The number of rotatable bonds is 5. The van der Waals surface area contributed by atoms with Gasteiger partial charge in [-0.2, -0.15) is 0 Å². The van der Waals surface area contributed by atoms with Crippen LogP contribution in [0.3, 0.4) is 0 Å². The lowest BCUT2D eigenvalue weighted by Gasteiger charge is -2.45. The first-order chi connectivity index (χ1) is 15.9. The second-order valence-corrected chi connectivity index (χ2v) is 8.95. The van der Waals surface area contributed by atoms with Crippen molar-refractivity contribution in [2.45, 2.75) is 31.7 Å². The lowest BCUT2D eigenvalue weighted by Crippen LogP contribution is -2.57. The van der Waals surface area contributed by atoms with Gasteiger partial charge in [0.25, 0.3) is 5.69 Å². The number of piperazine rings is 1. The predicted octanol–water partition coefficient (Wildman–Crippen LogP) is 2.82. The van der Waals surface area contributed by atoms with E-state index >= 15 is 0 Å². The van der Waals surface area contributed by atoms with Crippen molar-refractivity contribution in [3.05, 3.63) is 75.8 Å². The van der Waals surface area contributed by atoms with Gasteiger partial charge < -0.3 is 9.80 Å². The minimum Gasteiger partial charge on any atom is -0.343 e. The van der Waals surface area contributed by atoms with E-state index in [1.54, 1.807) is 19.1 Å². The minimum absolute atomic E-state index is 0.0545. The molecular formula is C25H30N4O4. The van der Waals surface area contributed by atoms with Gasteiger partial charge in [0.2, 0.25) is 11.8 Å². The van der Waals surface area contributed by atoms with E-state index in [0.29, 0.717) is 45.6 Å². The predicted molar refractivity (Wildman–Crippen MR) is 125 cm³/mol. The van der Waals surface area contributed by atoms with Crippen molar-refractivity contribution in [1.29, 1.82) is 0 Å². The standard InChI is InChI=1S/C25H30N4O4/c1-20(30)27-12-10-25(11-13-27,22-7-3-2-4-8-22)24(31)28-16-14-26(15-17-28)19-21-6-5-9-23(18-21)29(32)33/h2-9,18H,10-17,19H2,1H3. The van der Waals surface area contributed by atoms with E-state index < -0.39 is 5.41 Å². The lowest BCUT2D eigenvalue weighted by molar-refractivity contribution is -0.384. The van der Waals surface area contributed by atoms with Crippen molar-refractivity contribution in [1.82, 2.24) is 14.7 Å². The first-order valence-electron chi connectivity index (χ1n) is 11.5. The number of nitro benzene ring substituents is 1. The maximum atomic E-state index is 13.9. The van der Waals surface area contributed by atoms with E-state index in [0.717, 1.165) is 24.2 Å². The molecule has 2 aliphatic rings. The summed E-state index contributed by atoms with van der Waals surface area (Å²) in [5.74, 6) is 0.200. The first-order valence-corrected chi connectivity index (χ1v) is 11.5. The number of benzene rings is 2. The molecule has 8 heteroatoms. The van der Waals surface area contributed by atoms with Gasteiger partial charge in [-0.05, 0) is 24.0 Å². The van der Waals surface area contributed by atoms with Crippen molar-refractivity contribution >= 4 is 17.5 Å². The third-order valence-corrected chi connectivity index (χ3v) is 6.99. The van der Waals surface area contributed by atoms with E-state index in [2.05, 4.69) is 4.90 Å². The summed E-state index contributed by atoms with van der Waals surface area (Å²) >= 11 is 0. The van der Waals surface area contributed by atoms with Crippen LogP contribution in [0.2, 0.25) is 0 Å². The number of likely N-dealkylation sites (tertiary alicyclic amines) is 1. The molecule has 2 aliphatic heterocycles. The zero-order chi connectivity index (χ0) is 23.4. The molecule has 0 aliphatic carbocycles. The van der Waals surface area contributed by atoms with Crippen molar-refractivity contribution in [3.63, 3.8) is 0 Å². The molecule has 2 aromatic rings. The Balaban J connectivity index is 1.44. The third kappa shape index (κ3) is 4.90. The Bertz CT molecular complexity index is 1010. The summed E-state index contributed by atoms with van der Waals surface area (Å²) in [7, 11) is 0. The van der Waals surface area contributed by atoms with Gasteiger partial charge in [-0.3, -0.25) is 24.6 Å². The molecule has 0 N–H and O–H groups in total. The van der Waals surface area contributed by atoms with Crippen LogP contribution in [0.15, 0.2) is 54.6 Å². The average molecular weight is 451 g/mol. The van der Waals surface area contributed by atoms with Crippen molar-refractivity contribution < 1.29 is 14.5 Å². The molecule has 0 bridgehead atoms. The zero-order valence-electron chi connectivity index (χ0n) is 19.0. The molecule has 2 aromatic carbocycles. The molecule has 0 atom stereocenters. The largest absolute Gasteiger partial charge is 0.343 e. The summed E-state index contributed by atoms with van der Waals surface area (Å²) in [4.78, 5) is 42.4. The summed E-state index contributed by atoms with van der Waals surface area (Å²) in [6.45, 7) is 6.07. The van der Waals surface area contributed by atoms with E-state index in [1.165, 1.54) is 6.07 Å². The molecule has 4 rings (SSSR count). The number of hydrogen-bond donors (Lipinski definition) is 0. The highest BCUT2D eigenvalue weighted by Gasteiger charge is 2.45. The molecule has 33 heavy (non-hydrogen) atoms. The number of hydrogen-bond acceptors (Lipinski definition) is 5. The molecule has 2 amide bonds. The van der Waals surface area contributed by atoms with Gasteiger partial charge in [0.05, 0.1) is 10.3 Å². The van der Waals surface area contributed by atoms with Gasteiger partial charge in [-0.1, -0.05) is 42.5 Å².